The third-order valence-corrected chi connectivity index (χ3v) is 2.62. The molecule has 5 heteroatoms. The summed E-state index contributed by atoms with van der Waals surface area (Å²) in [5.74, 6) is -4.54. The van der Waals surface area contributed by atoms with Crippen LogP contribution in [0.3, 0.4) is 0 Å². The summed E-state index contributed by atoms with van der Waals surface area (Å²) >= 11 is 0. The van der Waals surface area contributed by atoms with E-state index < -0.39 is 18.4 Å². The Bertz CT molecular complexity index is 394. The molecule has 0 unspecified atom stereocenters. The molecule has 1 rings (SSSR count). The first-order chi connectivity index (χ1) is 8.92. The van der Waals surface area contributed by atoms with E-state index in [1.165, 1.54) is 19.0 Å². The van der Waals surface area contributed by atoms with Gasteiger partial charge in [-0.05, 0) is 32.5 Å². The van der Waals surface area contributed by atoms with Crippen LogP contribution in [0, 0.1) is 0 Å². The van der Waals surface area contributed by atoms with E-state index in [-0.39, 0.29) is 6.54 Å². The van der Waals surface area contributed by atoms with Crippen molar-refractivity contribution in [2.45, 2.75) is 18.8 Å². The van der Waals surface area contributed by atoms with Crippen LogP contribution < -0.4 is 5.32 Å². The summed E-state index contributed by atoms with van der Waals surface area (Å²) in [4.78, 5) is 12.6. The van der Waals surface area contributed by atoms with Gasteiger partial charge >= 0.3 is 5.92 Å². The van der Waals surface area contributed by atoms with Gasteiger partial charge in [0.05, 0.1) is 6.54 Å². The Kier molecular flexibility index (Phi) is 5.89. The highest BCUT2D eigenvalue weighted by Gasteiger charge is 2.38. The molecule has 0 bridgehead atoms. The molecular weight excluding hydrogens is 250 g/mol. The zero-order valence-electron chi connectivity index (χ0n) is 11.3. The Hall–Kier alpha value is -1.49. The van der Waals surface area contributed by atoms with Gasteiger partial charge in [-0.25, -0.2) is 0 Å². The van der Waals surface area contributed by atoms with Gasteiger partial charge in [-0.2, -0.15) is 8.78 Å². The molecule has 0 saturated carbocycles. The zero-order valence-corrected chi connectivity index (χ0v) is 11.3. The van der Waals surface area contributed by atoms with Crippen molar-refractivity contribution in [2.75, 3.05) is 27.2 Å². The first kappa shape index (κ1) is 15.6. The van der Waals surface area contributed by atoms with Crippen molar-refractivity contribution >= 4 is 5.91 Å². The number of carbonyl (C=O) groups is 1. The molecule has 0 atom stereocenters. The minimum absolute atomic E-state index is 0.261. The van der Waals surface area contributed by atoms with Gasteiger partial charge in [0.1, 0.15) is 0 Å². The lowest BCUT2D eigenvalue weighted by Gasteiger charge is -2.19. The fraction of sp³-hybridized carbons (Fsp3) is 0.500. The molecule has 3 nitrogen and oxygen atoms in total. The van der Waals surface area contributed by atoms with E-state index in [1.807, 2.05) is 30.3 Å². The summed E-state index contributed by atoms with van der Waals surface area (Å²) in [7, 11) is 3.02. The average molecular weight is 270 g/mol. The predicted molar refractivity (Wildman–Crippen MR) is 71.3 cm³/mol. The average Bonchev–Trinajstić information content (AvgIpc) is 2.34. The number of hydrogen-bond acceptors (Lipinski definition) is 2. The molecule has 1 aromatic rings. The Balaban J connectivity index is 2.27. The van der Waals surface area contributed by atoms with Crippen LogP contribution in [0.2, 0.25) is 0 Å². The Morgan fingerprint density at radius 3 is 2.47 bits per heavy atom. The van der Waals surface area contributed by atoms with Crippen LogP contribution in [-0.2, 0) is 11.2 Å². The van der Waals surface area contributed by atoms with Gasteiger partial charge < -0.3 is 10.2 Å². The number of alkyl halides is 2. The second-order valence-electron chi connectivity index (χ2n) is 4.79. The van der Waals surface area contributed by atoms with Crippen molar-refractivity contribution < 1.29 is 13.6 Å². The number of rotatable bonds is 7. The highest BCUT2D eigenvalue weighted by Crippen LogP contribution is 2.14. The van der Waals surface area contributed by atoms with E-state index in [0.717, 1.165) is 12.0 Å². The maximum absolute atomic E-state index is 13.4. The number of amides is 1. The second-order valence-corrected chi connectivity index (χ2v) is 4.79. The molecule has 0 heterocycles. The summed E-state index contributed by atoms with van der Waals surface area (Å²) in [6.45, 7) is -0.311. The molecule has 0 aromatic heterocycles. The third-order valence-electron chi connectivity index (χ3n) is 2.62. The molecule has 0 fully saturated rings. The van der Waals surface area contributed by atoms with E-state index in [0.29, 0.717) is 6.42 Å². The van der Waals surface area contributed by atoms with Gasteiger partial charge in [-0.3, -0.25) is 4.79 Å². The molecule has 0 spiro atoms. The monoisotopic (exact) mass is 270 g/mol. The number of nitrogens with one attached hydrogen (secondary N) is 1. The lowest BCUT2D eigenvalue weighted by molar-refractivity contribution is -0.147. The van der Waals surface area contributed by atoms with E-state index in [4.69, 9.17) is 0 Å². The van der Waals surface area contributed by atoms with Gasteiger partial charge in [-0.1, -0.05) is 30.3 Å². The molecule has 19 heavy (non-hydrogen) atoms. The summed E-state index contributed by atoms with van der Waals surface area (Å²) in [6, 6.07) is 9.73. The van der Waals surface area contributed by atoms with E-state index >= 15 is 0 Å². The van der Waals surface area contributed by atoms with Crippen LogP contribution in [0.15, 0.2) is 30.3 Å². The molecule has 0 aliphatic carbocycles. The largest absolute Gasteiger partial charge is 0.351 e. The number of aryl methyl sites for hydroxylation is 1. The molecule has 1 amide bonds. The minimum Gasteiger partial charge on any atom is -0.351 e. The Morgan fingerprint density at radius 2 is 1.89 bits per heavy atom. The molecular formula is C14H20F2N2O. The van der Waals surface area contributed by atoms with Crippen LogP contribution >= 0.6 is 0 Å². The molecule has 0 aliphatic heterocycles. The van der Waals surface area contributed by atoms with Crippen LogP contribution in [0.25, 0.3) is 0 Å². The van der Waals surface area contributed by atoms with Crippen LogP contribution in [0.5, 0.6) is 0 Å². The second kappa shape index (κ2) is 7.19. The maximum atomic E-state index is 13.4. The number of hydrogen-bond donors (Lipinski definition) is 1. The van der Waals surface area contributed by atoms with E-state index in [1.54, 1.807) is 0 Å². The lowest BCUT2D eigenvalue weighted by Crippen LogP contribution is -2.46. The Morgan fingerprint density at radius 1 is 1.26 bits per heavy atom. The first-order valence-corrected chi connectivity index (χ1v) is 6.26. The smallest absolute Gasteiger partial charge is 0.336 e. The van der Waals surface area contributed by atoms with Crippen molar-refractivity contribution in [2.24, 2.45) is 0 Å². The Labute approximate surface area is 112 Å². The SMILES string of the molecule is CN(C)CC(F)(F)C(=O)NCCCc1ccccc1. The third kappa shape index (κ3) is 5.79. The van der Waals surface area contributed by atoms with Crippen molar-refractivity contribution in [3.05, 3.63) is 35.9 Å². The van der Waals surface area contributed by atoms with Crippen molar-refractivity contribution in [1.29, 1.82) is 0 Å². The fourth-order valence-electron chi connectivity index (χ4n) is 1.74. The van der Waals surface area contributed by atoms with Gasteiger partial charge in [0.2, 0.25) is 0 Å². The van der Waals surface area contributed by atoms with Gasteiger partial charge in [0.25, 0.3) is 5.91 Å². The quantitative estimate of drug-likeness (QED) is 0.768. The highest BCUT2D eigenvalue weighted by molar-refractivity contribution is 5.83. The van der Waals surface area contributed by atoms with Crippen LogP contribution in [-0.4, -0.2) is 43.9 Å². The summed E-state index contributed by atoms with van der Waals surface area (Å²) in [5, 5.41) is 2.28. The number of carbonyl (C=O) groups excluding carboxylic acids is 1. The topological polar surface area (TPSA) is 32.3 Å². The van der Waals surface area contributed by atoms with E-state index in [9.17, 15) is 13.6 Å². The van der Waals surface area contributed by atoms with Crippen LogP contribution in [0.1, 0.15) is 12.0 Å². The van der Waals surface area contributed by atoms with Crippen molar-refractivity contribution in [1.82, 2.24) is 10.2 Å². The summed E-state index contributed by atoms with van der Waals surface area (Å²) in [5.41, 5.74) is 1.14. The predicted octanol–water partition coefficient (Wildman–Crippen LogP) is 1.93. The summed E-state index contributed by atoms with van der Waals surface area (Å²) in [6.07, 6.45) is 1.41. The molecule has 1 aromatic carbocycles. The van der Waals surface area contributed by atoms with Gasteiger partial charge in [0.15, 0.2) is 0 Å². The normalized spacial score (nSPS) is 11.6. The minimum atomic E-state index is -3.34. The van der Waals surface area contributed by atoms with Crippen LogP contribution in [0.4, 0.5) is 8.78 Å². The van der Waals surface area contributed by atoms with Crippen molar-refractivity contribution in [3.8, 4) is 0 Å². The number of halogens is 2. The molecule has 0 saturated heterocycles. The number of benzene rings is 1. The van der Waals surface area contributed by atoms with Crippen molar-refractivity contribution in [3.63, 3.8) is 0 Å². The fourth-order valence-corrected chi connectivity index (χ4v) is 1.74. The molecule has 0 aliphatic rings. The first-order valence-electron chi connectivity index (χ1n) is 6.26. The zero-order chi connectivity index (χ0) is 14.3. The number of nitrogens with zero attached hydrogens (tertiary/aromatic N) is 1. The lowest BCUT2D eigenvalue weighted by atomic mass is 10.1. The van der Waals surface area contributed by atoms with Gasteiger partial charge in [0, 0.05) is 6.54 Å². The summed E-state index contributed by atoms with van der Waals surface area (Å²) < 4.78 is 26.7. The highest BCUT2D eigenvalue weighted by atomic mass is 19.3. The molecule has 106 valence electrons. The molecule has 1 N–H and O–H groups in total. The van der Waals surface area contributed by atoms with Gasteiger partial charge in [-0.15, -0.1) is 0 Å². The standard InChI is InChI=1S/C14H20F2N2O/c1-18(2)11-14(15,16)13(19)17-10-6-9-12-7-4-3-5-8-12/h3-5,7-8H,6,9-11H2,1-2H3,(H,17,19). The molecule has 0 radical (unpaired) electrons. The van der Waals surface area contributed by atoms with E-state index in [2.05, 4.69) is 5.32 Å². The maximum Gasteiger partial charge on any atom is 0.336 e.